The Kier molecular flexibility index (Phi) is 4.62. The molecule has 116 valence electrons. The topological polar surface area (TPSA) is 35.6 Å². The molecule has 3 heterocycles. The Balaban J connectivity index is 1.74. The number of hydrogen-bond acceptors (Lipinski definition) is 4. The molecule has 0 aromatic carbocycles. The Morgan fingerprint density at radius 1 is 1.43 bits per heavy atom. The molecular weight excluding hydrogens is 282 g/mol. The lowest BCUT2D eigenvalue weighted by Gasteiger charge is -2.31. The van der Waals surface area contributed by atoms with Gasteiger partial charge in [0.25, 0.3) is 0 Å². The van der Waals surface area contributed by atoms with Gasteiger partial charge in [0.05, 0.1) is 6.04 Å². The highest BCUT2D eigenvalue weighted by Crippen LogP contribution is 2.30. The van der Waals surface area contributed by atoms with Crippen LogP contribution in [-0.4, -0.2) is 47.4 Å². The third-order valence-corrected chi connectivity index (χ3v) is 5.62. The normalized spacial score (nSPS) is 28.5. The van der Waals surface area contributed by atoms with Crippen molar-refractivity contribution in [1.82, 2.24) is 15.1 Å². The van der Waals surface area contributed by atoms with Crippen LogP contribution in [0.4, 0.5) is 0 Å². The zero-order valence-electron chi connectivity index (χ0n) is 12.9. The molecule has 1 aromatic rings. The first-order valence-corrected chi connectivity index (χ1v) is 8.92. The lowest BCUT2D eigenvalue weighted by molar-refractivity contribution is -0.130. The Hall–Kier alpha value is -0.910. The molecule has 2 aliphatic heterocycles. The van der Waals surface area contributed by atoms with Crippen molar-refractivity contribution in [3.05, 3.63) is 22.4 Å². The molecule has 1 amide bonds. The summed E-state index contributed by atoms with van der Waals surface area (Å²) in [7, 11) is 0. The van der Waals surface area contributed by atoms with Crippen LogP contribution in [0.1, 0.15) is 44.2 Å². The molecule has 21 heavy (non-hydrogen) atoms. The van der Waals surface area contributed by atoms with Crippen LogP contribution in [0.15, 0.2) is 17.5 Å². The highest BCUT2D eigenvalue weighted by atomic mass is 32.1. The van der Waals surface area contributed by atoms with Gasteiger partial charge in [0.15, 0.2) is 0 Å². The standard InChI is InChI=1S/C16H25N3OS/c1-3-13-16(20)19(11-12(2)18-8-4-5-9-18)15(17-13)14-7-6-10-21-14/h6-7,10,12-13,15,17H,3-5,8-9,11H2,1-2H3. The summed E-state index contributed by atoms with van der Waals surface area (Å²) in [5, 5.41) is 5.59. The number of amides is 1. The van der Waals surface area contributed by atoms with Gasteiger partial charge < -0.3 is 4.90 Å². The van der Waals surface area contributed by atoms with Gasteiger partial charge in [-0.25, -0.2) is 0 Å². The molecule has 0 spiro atoms. The number of likely N-dealkylation sites (tertiary alicyclic amines) is 1. The van der Waals surface area contributed by atoms with E-state index in [4.69, 9.17) is 0 Å². The van der Waals surface area contributed by atoms with E-state index in [0.29, 0.717) is 6.04 Å². The van der Waals surface area contributed by atoms with E-state index in [-0.39, 0.29) is 18.1 Å². The summed E-state index contributed by atoms with van der Waals surface area (Å²) in [6.07, 6.45) is 3.51. The van der Waals surface area contributed by atoms with Gasteiger partial charge in [-0.1, -0.05) is 13.0 Å². The van der Waals surface area contributed by atoms with Crippen LogP contribution in [0.25, 0.3) is 0 Å². The summed E-state index contributed by atoms with van der Waals surface area (Å²) >= 11 is 1.73. The molecule has 1 N–H and O–H groups in total. The summed E-state index contributed by atoms with van der Waals surface area (Å²) < 4.78 is 0. The van der Waals surface area contributed by atoms with Crippen LogP contribution >= 0.6 is 11.3 Å². The second-order valence-electron chi connectivity index (χ2n) is 6.13. The largest absolute Gasteiger partial charge is 0.319 e. The molecule has 0 radical (unpaired) electrons. The van der Waals surface area contributed by atoms with Gasteiger partial charge in [-0.15, -0.1) is 11.3 Å². The molecule has 4 nitrogen and oxygen atoms in total. The fraction of sp³-hybridized carbons (Fsp3) is 0.688. The second kappa shape index (κ2) is 6.46. The molecule has 2 aliphatic rings. The molecule has 0 aliphatic carbocycles. The number of hydrogen-bond donors (Lipinski definition) is 1. The van der Waals surface area contributed by atoms with E-state index in [1.165, 1.54) is 30.8 Å². The SMILES string of the molecule is CCC1NC(c2cccs2)N(CC(C)N2CCCC2)C1=O. The Labute approximate surface area is 131 Å². The van der Waals surface area contributed by atoms with Crippen molar-refractivity contribution >= 4 is 17.2 Å². The number of thiophene rings is 1. The van der Waals surface area contributed by atoms with Crippen molar-refractivity contribution in [1.29, 1.82) is 0 Å². The van der Waals surface area contributed by atoms with Gasteiger partial charge in [-0.3, -0.25) is 15.0 Å². The van der Waals surface area contributed by atoms with Crippen LogP contribution in [0.2, 0.25) is 0 Å². The Bertz CT molecular complexity index is 470. The average molecular weight is 307 g/mol. The molecule has 2 saturated heterocycles. The fourth-order valence-corrected chi connectivity index (χ4v) is 4.23. The van der Waals surface area contributed by atoms with Crippen LogP contribution in [0.3, 0.4) is 0 Å². The summed E-state index contributed by atoms with van der Waals surface area (Å²) in [4.78, 5) is 18.5. The molecule has 0 saturated carbocycles. The predicted octanol–water partition coefficient (Wildman–Crippen LogP) is 2.44. The van der Waals surface area contributed by atoms with Crippen LogP contribution in [0.5, 0.6) is 0 Å². The zero-order valence-corrected chi connectivity index (χ0v) is 13.7. The van der Waals surface area contributed by atoms with Crippen LogP contribution in [-0.2, 0) is 4.79 Å². The van der Waals surface area contributed by atoms with Crippen LogP contribution in [0, 0.1) is 0 Å². The van der Waals surface area contributed by atoms with Gasteiger partial charge in [0.2, 0.25) is 5.91 Å². The number of carbonyl (C=O) groups excluding carboxylic acids is 1. The van der Waals surface area contributed by atoms with E-state index < -0.39 is 0 Å². The van der Waals surface area contributed by atoms with Crippen molar-refractivity contribution in [2.24, 2.45) is 0 Å². The fourth-order valence-electron chi connectivity index (χ4n) is 3.43. The van der Waals surface area contributed by atoms with Crippen molar-refractivity contribution < 1.29 is 4.79 Å². The van der Waals surface area contributed by atoms with Gasteiger partial charge in [-0.2, -0.15) is 0 Å². The molecular formula is C16H25N3OS. The maximum absolute atomic E-state index is 12.6. The van der Waals surface area contributed by atoms with Gasteiger partial charge in [-0.05, 0) is 50.7 Å². The molecule has 0 bridgehead atoms. The monoisotopic (exact) mass is 307 g/mol. The van der Waals surface area contributed by atoms with E-state index in [1.54, 1.807) is 11.3 Å². The van der Waals surface area contributed by atoms with Gasteiger partial charge >= 0.3 is 0 Å². The lowest BCUT2D eigenvalue weighted by atomic mass is 10.2. The van der Waals surface area contributed by atoms with Crippen molar-refractivity contribution in [2.45, 2.75) is 51.4 Å². The summed E-state index contributed by atoms with van der Waals surface area (Å²) in [6, 6.07) is 4.61. The summed E-state index contributed by atoms with van der Waals surface area (Å²) in [5.74, 6) is 0.266. The minimum Gasteiger partial charge on any atom is -0.319 e. The number of nitrogens with zero attached hydrogens (tertiary/aromatic N) is 2. The molecule has 2 fully saturated rings. The van der Waals surface area contributed by atoms with E-state index in [0.717, 1.165) is 13.0 Å². The summed E-state index contributed by atoms with van der Waals surface area (Å²) in [5.41, 5.74) is 0. The quantitative estimate of drug-likeness (QED) is 0.907. The smallest absolute Gasteiger partial charge is 0.241 e. The second-order valence-corrected chi connectivity index (χ2v) is 7.11. The maximum Gasteiger partial charge on any atom is 0.241 e. The molecule has 3 atom stereocenters. The maximum atomic E-state index is 12.6. The highest BCUT2D eigenvalue weighted by molar-refractivity contribution is 7.10. The highest BCUT2D eigenvalue weighted by Gasteiger charge is 2.40. The molecule has 3 unspecified atom stereocenters. The van der Waals surface area contributed by atoms with Crippen LogP contribution < -0.4 is 5.32 Å². The average Bonchev–Trinajstić information content (AvgIpc) is 3.20. The van der Waals surface area contributed by atoms with Crippen molar-refractivity contribution in [2.75, 3.05) is 19.6 Å². The molecule has 1 aromatic heterocycles. The van der Waals surface area contributed by atoms with Gasteiger partial charge in [0, 0.05) is 17.5 Å². The molecule has 3 rings (SSSR count). The predicted molar refractivity (Wildman–Crippen MR) is 86.3 cm³/mol. The van der Waals surface area contributed by atoms with E-state index >= 15 is 0 Å². The minimum absolute atomic E-state index is 0.0251. The van der Waals surface area contributed by atoms with E-state index in [2.05, 4.69) is 46.5 Å². The third-order valence-electron chi connectivity index (χ3n) is 4.70. The number of rotatable bonds is 5. The van der Waals surface area contributed by atoms with Gasteiger partial charge in [0.1, 0.15) is 6.17 Å². The Morgan fingerprint density at radius 2 is 2.19 bits per heavy atom. The minimum atomic E-state index is -0.0251. The third kappa shape index (κ3) is 3.00. The number of carbonyl (C=O) groups is 1. The first-order chi connectivity index (χ1) is 10.2. The first kappa shape index (κ1) is 15.0. The van der Waals surface area contributed by atoms with Crippen molar-refractivity contribution in [3.8, 4) is 0 Å². The summed E-state index contributed by atoms with van der Waals surface area (Å²) in [6.45, 7) is 7.51. The first-order valence-electron chi connectivity index (χ1n) is 8.04. The number of nitrogens with one attached hydrogen (secondary N) is 1. The van der Waals surface area contributed by atoms with Crippen molar-refractivity contribution in [3.63, 3.8) is 0 Å². The zero-order chi connectivity index (χ0) is 14.8. The Morgan fingerprint density at radius 3 is 2.81 bits per heavy atom. The van der Waals surface area contributed by atoms with E-state index in [1.807, 2.05) is 0 Å². The lowest BCUT2D eigenvalue weighted by Crippen LogP contribution is -2.43. The van der Waals surface area contributed by atoms with E-state index in [9.17, 15) is 4.79 Å². The molecule has 5 heteroatoms.